The Morgan fingerprint density at radius 2 is 1.73 bits per heavy atom. The Hall–Kier alpha value is -3.11. The lowest BCUT2D eigenvalue weighted by atomic mass is 10.2. The van der Waals surface area contributed by atoms with E-state index in [-0.39, 0.29) is 16.1 Å². The smallest absolute Gasteiger partial charge is 0.340 e. The topological polar surface area (TPSA) is 74.8 Å². The molecule has 0 unspecified atom stereocenters. The van der Waals surface area contributed by atoms with Gasteiger partial charge in [0.2, 0.25) is 0 Å². The molecule has 1 amide bonds. The van der Waals surface area contributed by atoms with Crippen LogP contribution in [0, 0.1) is 0 Å². The van der Waals surface area contributed by atoms with Crippen molar-refractivity contribution < 1.29 is 26.7 Å². The summed E-state index contributed by atoms with van der Waals surface area (Å²) < 4.78 is 65.5. The van der Waals surface area contributed by atoms with E-state index in [4.69, 9.17) is 0 Å². The van der Waals surface area contributed by atoms with Gasteiger partial charge in [0.25, 0.3) is 0 Å². The predicted molar refractivity (Wildman–Crippen MR) is 80.3 cm³/mol. The van der Waals surface area contributed by atoms with Crippen molar-refractivity contribution in [1.82, 2.24) is 19.9 Å². The number of H-pyrrole nitrogens is 1. The van der Waals surface area contributed by atoms with E-state index in [1.54, 1.807) is 18.2 Å². The lowest BCUT2D eigenvalue weighted by Crippen LogP contribution is -2.52. The number of halogens is 5. The SMILES string of the molecule is O=C(N(Cc1ccccc1)c1ncnc2nc[nH]c12)C(F)(F)C(F)(F)F. The Bertz CT molecular complexity index is 925. The van der Waals surface area contributed by atoms with Gasteiger partial charge < -0.3 is 4.98 Å². The van der Waals surface area contributed by atoms with Crippen molar-refractivity contribution in [3.63, 3.8) is 0 Å². The maximum atomic E-state index is 13.7. The van der Waals surface area contributed by atoms with Crippen LogP contribution in [-0.2, 0) is 11.3 Å². The Morgan fingerprint density at radius 3 is 2.38 bits per heavy atom. The first-order valence-electron chi connectivity index (χ1n) is 7.16. The molecule has 0 aliphatic rings. The van der Waals surface area contributed by atoms with Crippen LogP contribution < -0.4 is 4.90 Å². The molecule has 1 aromatic carbocycles. The van der Waals surface area contributed by atoms with Gasteiger partial charge in [0.15, 0.2) is 11.5 Å². The molecule has 0 atom stereocenters. The number of carbonyl (C=O) groups is 1. The number of fused-ring (bicyclic) bond motifs is 1. The predicted octanol–water partition coefficient (Wildman–Crippen LogP) is 3.08. The summed E-state index contributed by atoms with van der Waals surface area (Å²) in [5, 5.41) is 0. The van der Waals surface area contributed by atoms with Crippen LogP contribution in [0.15, 0.2) is 43.0 Å². The molecule has 0 fully saturated rings. The summed E-state index contributed by atoms with van der Waals surface area (Å²) >= 11 is 0. The van der Waals surface area contributed by atoms with Crippen LogP contribution in [0.25, 0.3) is 11.2 Å². The normalized spacial score (nSPS) is 12.3. The summed E-state index contributed by atoms with van der Waals surface area (Å²) in [5.41, 5.74) is 0.330. The molecule has 0 saturated heterocycles. The first-order chi connectivity index (χ1) is 12.2. The molecule has 0 saturated carbocycles. The van der Waals surface area contributed by atoms with Crippen LogP contribution in [0.5, 0.6) is 0 Å². The summed E-state index contributed by atoms with van der Waals surface area (Å²) in [4.78, 5) is 26.2. The standard InChI is InChI=1S/C15H10F5N5O/c16-14(17,15(18,19)20)13(26)25(6-9-4-2-1-3-5-9)12-10-11(22-7-21-10)23-8-24-12/h1-5,7-8H,6H2,(H,21,22,23,24). The number of nitrogens with zero attached hydrogens (tertiary/aromatic N) is 4. The van der Waals surface area contributed by atoms with E-state index < -0.39 is 30.4 Å². The quantitative estimate of drug-likeness (QED) is 0.716. The third-order valence-electron chi connectivity index (χ3n) is 3.51. The fourth-order valence-corrected chi connectivity index (χ4v) is 2.26. The molecule has 1 N–H and O–H groups in total. The second kappa shape index (κ2) is 6.32. The first-order valence-corrected chi connectivity index (χ1v) is 7.16. The molecule has 11 heteroatoms. The van der Waals surface area contributed by atoms with Crippen molar-refractivity contribution in [2.75, 3.05) is 4.90 Å². The van der Waals surface area contributed by atoms with Crippen LogP contribution in [0.3, 0.4) is 0 Å². The molecule has 136 valence electrons. The van der Waals surface area contributed by atoms with E-state index in [0.717, 1.165) is 12.7 Å². The van der Waals surface area contributed by atoms with Gasteiger partial charge in [0.05, 0.1) is 12.9 Å². The fraction of sp³-hybridized carbons (Fsp3) is 0.200. The molecule has 0 radical (unpaired) electrons. The third-order valence-corrected chi connectivity index (χ3v) is 3.51. The Balaban J connectivity index is 2.11. The molecule has 26 heavy (non-hydrogen) atoms. The van der Waals surface area contributed by atoms with E-state index in [0.29, 0.717) is 5.56 Å². The Kier molecular flexibility index (Phi) is 4.30. The third kappa shape index (κ3) is 3.07. The maximum absolute atomic E-state index is 13.7. The van der Waals surface area contributed by atoms with Gasteiger partial charge in [-0.3, -0.25) is 9.69 Å². The highest BCUT2D eigenvalue weighted by Crippen LogP contribution is 2.38. The highest BCUT2D eigenvalue weighted by molar-refractivity contribution is 6.02. The molecule has 0 aliphatic heterocycles. The van der Waals surface area contributed by atoms with E-state index >= 15 is 0 Å². The lowest BCUT2D eigenvalue weighted by molar-refractivity contribution is -0.268. The van der Waals surface area contributed by atoms with Crippen LogP contribution in [0.1, 0.15) is 5.56 Å². The van der Waals surface area contributed by atoms with Gasteiger partial charge in [0, 0.05) is 0 Å². The average molecular weight is 371 g/mol. The van der Waals surface area contributed by atoms with Gasteiger partial charge in [-0.1, -0.05) is 30.3 Å². The molecular formula is C15H10F5N5O. The Labute approximate surface area is 142 Å². The minimum absolute atomic E-state index is 0.0242. The minimum atomic E-state index is -6.04. The molecule has 2 heterocycles. The van der Waals surface area contributed by atoms with Crippen LogP contribution >= 0.6 is 0 Å². The number of hydrogen-bond acceptors (Lipinski definition) is 4. The van der Waals surface area contributed by atoms with Crippen LogP contribution in [0.2, 0.25) is 0 Å². The van der Waals surface area contributed by atoms with Gasteiger partial charge in [-0.25, -0.2) is 15.0 Å². The van der Waals surface area contributed by atoms with Gasteiger partial charge in [0.1, 0.15) is 11.8 Å². The number of rotatable bonds is 4. The summed E-state index contributed by atoms with van der Waals surface area (Å²) in [6.45, 7) is -0.545. The molecule has 0 bridgehead atoms. The van der Waals surface area contributed by atoms with Crippen molar-refractivity contribution in [2.24, 2.45) is 0 Å². The second-order valence-electron chi connectivity index (χ2n) is 5.25. The van der Waals surface area contributed by atoms with Gasteiger partial charge in [-0.15, -0.1) is 0 Å². The first kappa shape index (κ1) is 17.7. The van der Waals surface area contributed by atoms with Crippen molar-refractivity contribution in [2.45, 2.75) is 18.6 Å². The van der Waals surface area contributed by atoms with Gasteiger partial charge >= 0.3 is 18.0 Å². The zero-order chi connectivity index (χ0) is 18.9. The van der Waals surface area contributed by atoms with Crippen molar-refractivity contribution in [3.05, 3.63) is 48.5 Å². The number of aromatic nitrogens is 4. The van der Waals surface area contributed by atoms with E-state index in [9.17, 15) is 26.7 Å². The molecule has 3 rings (SSSR count). The Morgan fingerprint density at radius 1 is 1.04 bits per heavy atom. The summed E-state index contributed by atoms with van der Waals surface area (Å²) in [6.07, 6.45) is -3.95. The molecule has 3 aromatic rings. The molecule has 6 nitrogen and oxygen atoms in total. The van der Waals surface area contributed by atoms with Crippen LogP contribution in [-0.4, -0.2) is 37.9 Å². The lowest BCUT2D eigenvalue weighted by Gasteiger charge is -2.27. The van der Waals surface area contributed by atoms with Crippen LogP contribution in [0.4, 0.5) is 27.8 Å². The largest absolute Gasteiger partial charge is 0.463 e. The van der Waals surface area contributed by atoms with E-state index in [1.165, 1.54) is 12.1 Å². The number of nitrogens with one attached hydrogen (secondary N) is 1. The average Bonchev–Trinajstić information content (AvgIpc) is 3.08. The molecule has 0 aliphatic carbocycles. The number of hydrogen-bond donors (Lipinski definition) is 1. The zero-order valence-corrected chi connectivity index (χ0v) is 12.8. The van der Waals surface area contributed by atoms with E-state index in [2.05, 4.69) is 19.9 Å². The monoisotopic (exact) mass is 371 g/mol. The summed E-state index contributed by atoms with van der Waals surface area (Å²) in [6, 6.07) is 7.73. The fourth-order valence-electron chi connectivity index (χ4n) is 2.26. The number of benzene rings is 1. The number of carbonyl (C=O) groups excluding carboxylic acids is 1. The number of amides is 1. The van der Waals surface area contributed by atoms with Crippen molar-refractivity contribution >= 4 is 22.9 Å². The van der Waals surface area contributed by atoms with E-state index in [1.807, 2.05) is 0 Å². The number of anilines is 1. The highest BCUT2D eigenvalue weighted by Gasteiger charge is 2.65. The molecule has 2 aromatic heterocycles. The molecule has 0 spiro atoms. The van der Waals surface area contributed by atoms with Crippen molar-refractivity contribution in [3.8, 4) is 0 Å². The minimum Gasteiger partial charge on any atom is -0.340 e. The van der Waals surface area contributed by atoms with Crippen molar-refractivity contribution in [1.29, 1.82) is 0 Å². The number of imidazole rings is 1. The summed E-state index contributed by atoms with van der Waals surface area (Å²) in [5.74, 6) is -8.45. The summed E-state index contributed by atoms with van der Waals surface area (Å²) in [7, 11) is 0. The number of alkyl halides is 5. The number of aromatic amines is 1. The van der Waals surface area contributed by atoms with Gasteiger partial charge in [-0.2, -0.15) is 22.0 Å². The highest BCUT2D eigenvalue weighted by atomic mass is 19.4. The van der Waals surface area contributed by atoms with Gasteiger partial charge in [-0.05, 0) is 5.56 Å². The zero-order valence-electron chi connectivity index (χ0n) is 12.8. The second-order valence-corrected chi connectivity index (χ2v) is 5.25. The molecular weight excluding hydrogens is 361 g/mol. The maximum Gasteiger partial charge on any atom is 0.463 e.